The second kappa shape index (κ2) is 4.45. The second-order valence-electron chi connectivity index (χ2n) is 3.31. The molecule has 6 nitrogen and oxygen atoms in total. The number of benzene rings is 1. The first-order chi connectivity index (χ1) is 8.22. The first kappa shape index (κ1) is 10.8. The fourth-order valence-corrected chi connectivity index (χ4v) is 1.31. The van der Waals surface area contributed by atoms with Gasteiger partial charge in [-0.05, 0) is 24.2 Å². The van der Waals surface area contributed by atoms with Crippen molar-refractivity contribution in [3.63, 3.8) is 0 Å². The molecule has 0 radical (unpaired) electrons. The minimum atomic E-state index is -0.452. The zero-order valence-corrected chi connectivity index (χ0v) is 8.97. The summed E-state index contributed by atoms with van der Waals surface area (Å²) in [5.41, 5.74) is 1.33. The third-order valence-corrected chi connectivity index (χ3v) is 2.16. The van der Waals surface area contributed by atoms with E-state index in [-0.39, 0.29) is 5.69 Å². The number of aromatic nitrogens is 2. The van der Waals surface area contributed by atoms with E-state index in [0.29, 0.717) is 16.9 Å². The van der Waals surface area contributed by atoms with Crippen LogP contribution in [0, 0.1) is 18.3 Å². The van der Waals surface area contributed by atoms with Crippen LogP contribution in [-0.4, -0.2) is 16.2 Å². The first-order valence-electron chi connectivity index (χ1n) is 4.82. The molecule has 0 saturated heterocycles. The van der Waals surface area contributed by atoms with E-state index in [0.717, 1.165) is 0 Å². The number of rotatable bonds is 2. The highest BCUT2D eigenvalue weighted by Gasteiger charge is 2.16. The average molecular weight is 228 g/mol. The van der Waals surface area contributed by atoms with Crippen LogP contribution in [0.3, 0.4) is 0 Å². The topological polar surface area (TPSA) is 91.8 Å². The molecule has 17 heavy (non-hydrogen) atoms. The molecule has 0 fully saturated rings. The van der Waals surface area contributed by atoms with Gasteiger partial charge in [-0.25, -0.2) is 4.63 Å². The minimum Gasteiger partial charge on any atom is -0.319 e. The second-order valence-corrected chi connectivity index (χ2v) is 3.31. The van der Waals surface area contributed by atoms with Crippen LogP contribution in [0.25, 0.3) is 0 Å². The molecule has 1 N–H and O–H groups in total. The standard InChI is InChI=1S/C11H8N4O2/c1-7-10(15-17-14-7)11(16)13-9-5-3-2-4-8(9)6-12/h2-5H,1H3,(H,13,16). The molecule has 1 heterocycles. The Kier molecular flexibility index (Phi) is 2.83. The zero-order chi connectivity index (χ0) is 12.3. The van der Waals surface area contributed by atoms with Gasteiger partial charge in [0.25, 0.3) is 5.91 Å². The molecule has 0 aliphatic carbocycles. The van der Waals surface area contributed by atoms with E-state index >= 15 is 0 Å². The van der Waals surface area contributed by atoms with E-state index in [2.05, 4.69) is 20.3 Å². The number of amides is 1. The maximum Gasteiger partial charge on any atom is 0.279 e. The lowest BCUT2D eigenvalue weighted by Gasteiger charge is -2.04. The third-order valence-electron chi connectivity index (χ3n) is 2.16. The Bertz CT molecular complexity index is 598. The predicted molar refractivity (Wildman–Crippen MR) is 58.1 cm³/mol. The summed E-state index contributed by atoms with van der Waals surface area (Å²) in [6, 6.07) is 8.69. The van der Waals surface area contributed by atoms with Gasteiger partial charge in [-0.3, -0.25) is 4.79 Å². The zero-order valence-electron chi connectivity index (χ0n) is 8.97. The van der Waals surface area contributed by atoms with Gasteiger partial charge in [-0.1, -0.05) is 17.3 Å². The predicted octanol–water partition coefficient (Wildman–Crippen LogP) is 1.50. The molecule has 0 saturated carbocycles. The van der Waals surface area contributed by atoms with Gasteiger partial charge < -0.3 is 5.32 Å². The molecule has 0 atom stereocenters. The van der Waals surface area contributed by atoms with Crippen LogP contribution in [0.5, 0.6) is 0 Å². The van der Waals surface area contributed by atoms with E-state index in [1.807, 2.05) is 6.07 Å². The Labute approximate surface area is 96.8 Å². The Balaban J connectivity index is 2.26. The summed E-state index contributed by atoms with van der Waals surface area (Å²) in [5.74, 6) is -0.452. The van der Waals surface area contributed by atoms with Gasteiger partial charge >= 0.3 is 0 Å². The Morgan fingerprint density at radius 1 is 1.41 bits per heavy atom. The van der Waals surface area contributed by atoms with Gasteiger partial charge in [-0.2, -0.15) is 5.26 Å². The number of nitriles is 1. The number of carbonyl (C=O) groups excluding carboxylic acids is 1. The highest BCUT2D eigenvalue weighted by Crippen LogP contribution is 2.15. The number of anilines is 1. The van der Waals surface area contributed by atoms with Crippen molar-refractivity contribution in [2.24, 2.45) is 0 Å². The van der Waals surface area contributed by atoms with Crippen LogP contribution in [-0.2, 0) is 0 Å². The molecule has 0 aliphatic rings. The monoisotopic (exact) mass is 228 g/mol. The number of aryl methyl sites for hydroxylation is 1. The van der Waals surface area contributed by atoms with E-state index in [4.69, 9.17) is 5.26 Å². The minimum absolute atomic E-state index is 0.109. The molecule has 2 rings (SSSR count). The normalized spacial score (nSPS) is 9.65. The fourth-order valence-electron chi connectivity index (χ4n) is 1.31. The van der Waals surface area contributed by atoms with Crippen molar-refractivity contribution in [3.8, 4) is 6.07 Å². The summed E-state index contributed by atoms with van der Waals surface area (Å²) in [4.78, 5) is 11.8. The van der Waals surface area contributed by atoms with Crippen LogP contribution in [0.2, 0.25) is 0 Å². The summed E-state index contributed by atoms with van der Waals surface area (Å²) in [7, 11) is 0. The fraction of sp³-hybridized carbons (Fsp3) is 0.0909. The van der Waals surface area contributed by atoms with Crippen LogP contribution in [0.4, 0.5) is 5.69 Å². The molecule has 6 heteroatoms. The largest absolute Gasteiger partial charge is 0.319 e. The van der Waals surface area contributed by atoms with Gasteiger partial charge in [0, 0.05) is 0 Å². The van der Waals surface area contributed by atoms with E-state index < -0.39 is 5.91 Å². The van der Waals surface area contributed by atoms with Gasteiger partial charge in [0.15, 0.2) is 5.69 Å². The maximum absolute atomic E-state index is 11.8. The van der Waals surface area contributed by atoms with Crippen molar-refractivity contribution < 1.29 is 9.42 Å². The van der Waals surface area contributed by atoms with E-state index in [1.54, 1.807) is 31.2 Å². The van der Waals surface area contributed by atoms with Gasteiger partial charge in [0.05, 0.1) is 11.3 Å². The third kappa shape index (κ3) is 2.13. The van der Waals surface area contributed by atoms with Gasteiger partial charge in [0.1, 0.15) is 11.8 Å². The van der Waals surface area contributed by atoms with Crippen LogP contribution < -0.4 is 5.32 Å². The summed E-state index contributed by atoms with van der Waals surface area (Å²) in [5, 5.41) is 18.4. The van der Waals surface area contributed by atoms with Gasteiger partial charge in [0.2, 0.25) is 0 Å². The molecule has 2 aromatic rings. The van der Waals surface area contributed by atoms with Crippen molar-refractivity contribution in [1.82, 2.24) is 10.3 Å². The molecule has 1 aromatic heterocycles. The average Bonchev–Trinajstić information content (AvgIpc) is 2.76. The summed E-state index contributed by atoms with van der Waals surface area (Å²) in [6.07, 6.45) is 0. The van der Waals surface area contributed by atoms with Crippen molar-refractivity contribution in [1.29, 1.82) is 5.26 Å². The molecule has 0 unspecified atom stereocenters. The number of nitrogens with zero attached hydrogens (tertiary/aromatic N) is 3. The number of para-hydroxylation sites is 1. The van der Waals surface area contributed by atoms with E-state index in [9.17, 15) is 4.79 Å². The number of nitrogens with one attached hydrogen (secondary N) is 1. The maximum atomic E-state index is 11.8. The van der Waals surface area contributed by atoms with Crippen molar-refractivity contribution in [2.75, 3.05) is 5.32 Å². The lowest BCUT2D eigenvalue weighted by Crippen LogP contribution is -2.14. The van der Waals surface area contributed by atoms with E-state index in [1.165, 1.54) is 0 Å². The van der Waals surface area contributed by atoms with Crippen LogP contribution in [0.1, 0.15) is 21.7 Å². The summed E-state index contributed by atoms with van der Waals surface area (Å²) in [6.45, 7) is 1.61. The van der Waals surface area contributed by atoms with Crippen LogP contribution >= 0.6 is 0 Å². The Hall–Kier alpha value is -2.68. The number of hydrogen-bond donors (Lipinski definition) is 1. The molecule has 84 valence electrons. The lowest BCUT2D eigenvalue weighted by atomic mass is 10.2. The molecular weight excluding hydrogens is 220 g/mol. The smallest absolute Gasteiger partial charge is 0.279 e. The number of hydrogen-bond acceptors (Lipinski definition) is 5. The quantitative estimate of drug-likeness (QED) is 0.840. The molecule has 1 amide bonds. The first-order valence-corrected chi connectivity index (χ1v) is 4.82. The molecular formula is C11H8N4O2. The van der Waals surface area contributed by atoms with Gasteiger partial charge in [-0.15, -0.1) is 0 Å². The number of carbonyl (C=O) groups is 1. The van der Waals surface area contributed by atoms with Crippen molar-refractivity contribution in [3.05, 3.63) is 41.2 Å². The molecule has 1 aromatic carbocycles. The molecule has 0 aliphatic heterocycles. The summed E-state index contributed by atoms with van der Waals surface area (Å²) >= 11 is 0. The van der Waals surface area contributed by atoms with Crippen LogP contribution in [0.15, 0.2) is 28.9 Å². The highest BCUT2D eigenvalue weighted by atomic mass is 16.6. The lowest BCUT2D eigenvalue weighted by molar-refractivity contribution is 0.101. The summed E-state index contributed by atoms with van der Waals surface area (Å²) < 4.78 is 4.43. The molecule has 0 bridgehead atoms. The van der Waals surface area contributed by atoms with Crippen molar-refractivity contribution >= 4 is 11.6 Å². The Morgan fingerprint density at radius 2 is 2.18 bits per heavy atom. The SMILES string of the molecule is Cc1nonc1C(=O)Nc1ccccc1C#N. The molecule has 0 spiro atoms. The Morgan fingerprint density at radius 3 is 2.82 bits per heavy atom. The highest BCUT2D eigenvalue weighted by molar-refractivity contribution is 6.04. The van der Waals surface area contributed by atoms with Crippen molar-refractivity contribution in [2.45, 2.75) is 6.92 Å².